The van der Waals surface area contributed by atoms with E-state index in [-0.39, 0.29) is 5.91 Å². The molecule has 0 N–H and O–H groups in total. The average molecular weight is 420 g/mol. The lowest BCUT2D eigenvalue weighted by atomic mass is 10.2. The van der Waals surface area contributed by atoms with Gasteiger partial charge in [-0.3, -0.25) is 4.79 Å². The van der Waals surface area contributed by atoms with E-state index in [1.165, 1.54) is 6.33 Å². The number of nitrogens with zero attached hydrogens (tertiary/aromatic N) is 7. The quantitative estimate of drug-likeness (QED) is 0.508. The zero-order valence-electron chi connectivity index (χ0n) is 16.0. The van der Waals surface area contributed by atoms with Gasteiger partial charge in [0.15, 0.2) is 17.0 Å². The van der Waals surface area contributed by atoms with Crippen LogP contribution in [0.1, 0.15) is 10.4 Å². The number of carbonyl (C=O) groups is 1. The summed E-state index contributed by atoms with van der Waals surface area (Å²) >= 11 is 5.92. The number of anilines is 1. The largest absolute Gasteiger partial charge is 0.351 e. The van der Waals surface area contributed by atoms with Gasteiger partial charge in [0.25, 0.3) is 5.91 Å². The first kappa shape index (κ1) is 18.5. The molecule has 0 aliphatic carbocycles. The molecule has 2 aromatic heterocycles. The second-order valence-electron chi connectivity index (χ2n) is 6.99. The Kier molecular flexibility index (Phi) is 4.76. The Labute approximate surface area is 177 Å². The van der Waals surface area contributed by atoms with E-state index in [2.05, 4.69) is 25.2 Å². The molecule has 1 fully saturated rings. The van der Waals surface area contributed by atoms with E-state index in [1.54, 1.807) is 28.9 Å². The summed E-state index contributed by atoms with van der Waals surface area (Å²) in [4.78, 5) is 25.6. The highest BCUT2D eigenvalue weighted by molar-refractivity contribution is 6.30. The van der Waals surface area contributed by atoms with E-state index < -0.39 is 0 Å². The van der Waals surface area contributed by atoms with E-state index in [0.717, 1.165) is 11.5 Å². The third kappa shape index (κ3) is 3.35. The van der Waals surface area contributed by atoms with Crippen molar-refractivity contribution in [1.82, 2.24) is 29.9 Å². The third-order valence-electron chi connectivity index (χ3n) is 5.18. The lowest BCUT2D eigenvalue weighted by molar-refractivity contribution is 0.0746. The number of fused-ring (bicyclic) bond motifs is 1. The molecule has 150 valence electrons. The molecule has 0 radical (unpaired) electrons. The van der Waals surface area contributed by atoms with Crippen LogP contribution >= 0.6 is 11.6 Å². The molecule has 0 unspecified atom stereocenters. The maximum Gasteiger partial charge on any atom is 0.253 e. The SMILES string of the molecule is O=C(c1ccc(Cl)cc1)N1CCN(c2ncnc3c2nnn3-c2ccccc2)CC1. The first-order valence-corrected chi connectivity index (χ1v) is 10.00. The molecule has 1 saturated heterocycles. The zero-order valence-corrected chi connectivity index (χ0v) is 16.8. The minimum atomic E-state index is 0.00849. The van der Waals surface area contributed by atoms with Crippen molar-refractivity contribution in [3.63, 3.8) is 0 Å². The highest BCUT2D eigenvalue weighted by Gasteiger charge is 2.25. The average Bonchev–Trinajstić information content (AvgIpc) is 3.24. The van der Waals surface area contributed by atoms with Crippen LogP contribution in [0.25, 0.3) is 16.9 Å². The van der Waals surface area contributed by atoms with E-state index in [9.17, 15) is 4.79 Å². The lowest BCUT2D eigenvalue weighted by Crippen LogP contribution is -2.49. The van der Waals surface area contributed by atoms with E-state index in [0.29, 0.717) is 47.9 Å². The topological polar surface area (TPSA) is 80.0 Å². The summed E-state index contributed by atoms with van der Waals surface area (Å²) in [6.07, 6.45) is 1.53. The fraction of sp³-hybridized carbons (Fsp3) is 0.190. The van der Waals surface area contributed by atoms with Gasteiger partial charge in [-0.25, -0.2) is 9.97 Å². The number of rotatable bonds is 3. The Balaban J connectivity index is 1.36. The van der Waals surface area contributed by atoms with Gasteiger partial charge in [0.2, 0.25) is 0 Å². The van der Waals surface area contributed by atoms with Gasteiger partial charge in [-0.1, -0.05) is 35.0 Å². The highest BCUT2D eigenvalue weighted by atomic mass is 35.5. The number of benzene rings is 2. The van der Waals surface area contributed by atoms with Crippen LogP contribution in [0.15, 0.2) is 60.9 Å². The maximum atomic E-state index is 12.7. The fourth-order valence-electron chi connectivity index (χ4n) is 3.61. The first-order valence-electron chi connectivity index (χ1n) is 9.62. The Bertz CT molecular complexity index is 1190. The van der Waals surface area contributed by atoms with Gasteiger partial charge in [0.05, 0.1) is 5.69 Å². The van der Waals surface area contributed by atoms with Crippen molar-refractivity contribution in [3.8, 4) is 5.69 Å². The standard InChI is InChI=1S/C21H18ClN7O/c22-16-8-6-15(7-9-16)21(30)28-12-10-27(11-13-28)19-18-20(24-14-23-19)29(26-25-18)17-4-2-1-3-5-17/h1-9,14H,10-13H2. The van der Waals surface area contributed by atoms with Gasteiger partial charge in [0, 0.05) is 36.8 Å². The number of piperazine rings is 1. The molecule has 1 amide bonds. The van der Waals surface area contributed by atoms with Gasteiger partial charge in [-0.05, 0) is 36.4 Å². The monoisotopic (exact) mass is 419 g/mol. The molecule has 5 rings (SSSR count). The van der Waals surface area contributed by atoms with Crippen LogP contribution in [0.4, 0.5) is 5.82 Å². The van der Waals surface area contributed by atoms with Crippen molar-refractivity contribution >= 4 is 34.5 Å². The van der Waals surface area contributed by atoms with Crippen LogP contribution in [-0.4, -0.2) is 61.9 Å². The first-order chi connectivity index (χ1) is 14.7. The number of carbonyl (C=O) groups excluding carboxylic acids is 1. The number of hydrogen-bond acceptors (Lipinski definition) is 6. The summed E-state index contributed by atoms with van der Waals surface area (Å²) in [6, 6.07) is 16.7. The predicted octanol–water partition coefficient (Wildman–Crippen LogP) is 2.83. The van der Waals surface area contributed by atoms with Crippen molar-refractivity contribution in [3.05, 3.63) is 71.5 Å². The molecular formula is C21H18ClN7O. The molecule has 3 heterocycles. The van der Waals surface area contributed by atoms with E-state index >= 15 is 0 Å². The normalized spacial score (nSPS) is 14.3. The van der Waals surface area contributed by atoms with Crippen molar-refractivity contribution in [2.24, 2.45) is 0 Å². The number of aromatic nitrogens is 5. The molecule has 0 spiro atoms. The minimum absolute atomic E-state index is 0.00849. The number of para-hydroxylation sites is 1. The van der Waals surface area contributed by atoms with Gasteiger partial charge < -0.3 is 9.80 Å². The molecule has 1 aliphatic rings. The molecule has 0 bridgehead atoms. The van der Waals surface area contributed by atoms with Crippen LogP contribution in [0.5, 0.6) is 0 Å². The lowest BCUT2D eigenvalue weighted by Gasteiger charge is -2.35. The summed E-state index contributed by atoms with van der Waals surface area (Å²) in [6.45, 7) is 2.51. The number of amides is 1. The summed E-state index contributed by atoms with van der Waals surface area (Å²) in [5.41, 5.74) is 2.84. The predicted molar refractivity (Wildman–Crippen MR) is 114 cm³/mol. The Morgan fingerprint density at radius 3 is 2.37 bits per heavy atom. The van der Waals surface area contributed by atoms with Gasteiger partial charge in [-0.15, -0.1) is 5.10 Å². The molecule has 2 aromatic carbocycles. The van der Waals surface area contributed by atoms with Crippen LogP contribution in [0.2, 0.25) is 5.02 Å². The van der Waals surface area contributed by atoms with E-state index in [4.69, 9.17) is 11.6 Å². The minimum Gasteiger partial charge on any atom is -0.351 e. The fourth-order valence-corrected chi connectivity index (χ4v) is 3.73. The second kappa shape index (κ2) is 7.72. The van der Waals surface area contributed by atoms with Crippen LogP contribution in [0.3, 0.4) is 0 Å². The summed E-state index contributed by atoms with van der Waals surface area (Å²) in [5, 5.41) is 9.22. The summed E-state index contributed by atoms with van der Waals surface area (Å²) in [7, 11) is 0. The Morgan fingerprint density at radius 2 is 1.63 bits per heavy atom. The third-order valence-corrected chi connectivity index (χ3v) is 5.43. The van der Waals surface area contributed by atoms with Crippen LogP contribution < -0.4 is 4.90 Å². The second-order valence-corrected chi connectivity index (χ2v) is 7.43. The number of halogens is 1. The summed E-state index contributed by atoms with van der Waals surface area (Å²) in [5.74, 6) is 0.745. The van der Waals surface area contributed by atoms with Gasteiger partial charge in [0.1, 0.15) is 6.33 Å². The van der Waals surface area contributed by atoms with Crippen LogP contribution in [-0.2, 0) is 0 Å². The molecule has 0 saturated carbocycles. The van der Waals surface area contributed by atoms with Gasteiger partial charge >= 0.3 is 0 Å². The van der Waals surface area contributed by atoms with Crippen molar-refractivity contribution in [2.75, 3.05) is 31.1 Å². The molecule has 1 aliphatic heterocycles. The van der Waals surface area contributed by atoms with Crippen molar-refractivity contribution < 1.29 is 4.79 Å². The maximum absolute atomic E-state index is 12.7. The molecule has 4 aromatic rings. The molecule has 30 heavy (non-hydrogen) atoms. The molecule has 0 atom stereocenters. The van der Waals surface area contributed by atoms with Crippen molar-refractivity contribution in [1.29, 1.82) is 0 Å². The van der Waals surface area contributed by atoms with E-state index in [1.807, 2.05) is 35.2 Å². The van der Waals surface area contributed by atoms with Gasteiger partial charge in [-0.2, -0.15) is 4.68 Å². The molecular weight excluding hydrogens is 402 g/mol. The van der Waals surface area contributed by atoms with Crippen molar-refractivity contribution in [2.45, 2.75) is 0 Å². The van der Waals surface area contributed by atoms with Crippen LogP contribution in [0, 0.1) is 0 Å². The highest BCUT2D eigenvalue weighted by Crippen LogP contribution is 2.24. The molecule has 8 nitrogen and oxygen atoms in total. The zero-order chi connectivity index (χ0) is 20.5. The number of hydrogen-bond donors (Lipinski definition) is 0. The Hall–Kier alpha value is -3.52. The smallest absolute Gasteiger partial charge is 0.253 e. The summed E-state index contributed by atoms with van der Waals surface area (Å²) < 4.78 is 1.71. The molecule has 9 heteroatoms. The Morgan fingerprint density at radius 1 is 0.900 bits per heavy atom.